The summed E-state index contributed by atoms with van der Waals surface area (Å²) < 4.78 is 7.06. The molecule has 10 heteroatoms. The zero-order chi connectivity index (χ0) is 25.4. The average Bonchev–Trinajstić information content (AvgIpc) is 3.28. The number of carboxylic acids is 1. The lowest BCUT2D eigenvalue weighted by Gasteiger charge is -2.29. The molecule has 3 heterocycles. The Labute approximate surface area is 206 Å². The summed E-state index contributed by atoms with van der Waals surface area (Å²) in [6.07, 6.45) is 6.36. The van der Waals surface area contributed by atoms with Crippen LogP contribution in [0.25, 0.3) is 16.3 Å². The fraction of sp³-hybridized carbons (Fsp3) is 0.346. The molecule has 1 saturated carbocycles. The van der Waals surface area contributed by atoms with Gasteiger partial charge >= 0.3 is 5.97 Å². The number of ether oxygens (including phenoxy) is 1. The van der Waals surface area contributed by atoms with Crippen molar-refractivity contribution in [2.24, 2.45) is 0 Å². The number of hydrogen-bond donors (Lipinski definition) is 3. The zero-order valence-corrected chi connectivity index (χ0v) is 20.0. The van der Waals surface area contributed by atoms with Crippen molar-refractivity contribution in [3.63, 3.8) is 0 Å². The number of H-pyrrole nitrogens is 1. The largest absolute Gasteiger partial charge is 0.478 e. The first-order valence-electron chi connectivity index (χ1n) is 11.9. The standard InChI is InChI=1S/C26H27N5O5/c1-26(2,25(34)35)36-17-11-12-21-20(13-27-31(21)14-17)23(32)28-16-9-7-15(8-10-16)22-18-5-3-4-6-19(18)24(33)30-29-22/h3-6,11-16H,7-10H2,1-2H3,(H,28,32)(H,30,33)(H,34,35). The number of aromatic amines is 1. The van der Waals surface area contributed by atoms with Gasteiger partial charge in [0, 0.05) is 17.3 Å². The predicted octanol–water partition coefficient (Wildman–Crippen LogP) is 3.27. The number of amides is 1. The molecule has 5 rings (SSSR count). The maximum absolute atomic E-state index is 13.0. The van der Waals surface area contributed by atoms with Crippen molar-refractivity contribution in [2.45, 2.75) is 57.1 Å². The third-order valence-electron chi connectivity index (χ3n) is 6.80. The molecular formula is C26H27N5O5. The molecule has 0 atom stereocenters. The number of aromatic nitrogens is 4. The fourth-order valence-electron chi connectivity index (χ4n) is 4.76. The van der Waals surface area contributed by atoms with Gasteiger partial charge in [0.25, 0.3) is 11.5 Å². The number of fused-ring (bicyclic) bond motifs is 2. The summed E-state index contributed by atoms with van der Waals surface area (Å²) in [5, 5.41) is 25.1. The smallest absolute Gasteiger partial charge is 0.347 e. The van der Waals surface area contributed by atoms with E-state index in [-0.39, 0.29) is 23.4 Å². The molecular weight excluding hydrogens is 462 g/mol. The van der Waals surface area contributed by atoms with E-state index in [1.807, 2.05) is 24.3 Å². The minimum absolute atomic E-state index is 0.0247. The highest BCUT2D eigenvalue weighted by Gasteiger charge is 2.30. The lowest BCUT2D eigenvalue weighted by Crippen LogP contribution is -2.38. The van der Waals surface area contributed by atoms with Crippen molar-refractivity contribution >= 4 is 28.2 Å². The van der Waals surface area contributed by atoms with E-state index in [9.17, 15) is 19.5 Å². The SMILES string of the molecule is CC(C)(Oc1ccc2c(C(=O)NC3CCC(c4n[nH]c(=O)c5ccccc45)CC3)cnn2c1)C(=O)O. The Morgan fingerprint density at radius 1 is 1.11 bits per heavy atom. The summed E-state index contributed by atoms with van der Waals surface area (Å²) in [5.41, 5.74) is 0.367. The van der Waals surface area contributed by atoms with Crippen molar-refractivity contribution in [3.05, 3.63) is 70.4 Å². The summed E-state index contributed by atoms with van der Waals surface area (Å²) in [5.74, 6) is -0.736. The number of pyridine rings is 1. The van der Waals surface area contributed by atoms with Crippen LogP contribution in [0.4, 0.5) is 0 Å². The van der Waals surface area contributed by atoms with Gasteiger partial charge in [-0.1, -0.05) is 18.2 Å². The second-order valence-electron chi connectivity index (χ2n) is 9.68. The van der Waals surface area contributed by atoms with E-state index in [1.165, 1.54) is 24.6 Å². The third kappa shape index (κ3) is 4.41. The number of aliphatic carboxylic acids is 1. The fourth-order valence-corrected chi connectivity index (χ4v) is 4.76. The molecule has 0 radical (unpaired) electrons. The molecule has 3 aromatic heterocycles. The van der Waals surface area contributed by atoms with Crippen molar-refractivity contribution in [1.82, 2.24) is 25.1 Å². The molecule has 4 aromatic rings. The molecule has 1 aliphatic rings. The first-order chi connectivity index (χ1) is 17.2. The van der Waals surface area contributed by atoms with Gasteiger partial charge < -0.3 is 15.2 Å². The second kappa shape index (κ2) is 9.10. The number of carboxylic acid groups (broad SMARTS) is 1. The number of nitrogens with zero attached hydrogens (tertiary/aromatic N) is 3. The highest BCUT2D eigenvalue weighted by molar-refractivity contribution is 6.00. The lowest BCUT2D eigenvalue weighted by molar-refractivity contribution is -0.152. The van der Waals surface area contributed by atoms with Crippen LogP contribution in [0.15, 0.2) is 53.6 Å². The van der Waals surface area contributed by atoms with Gasteiger partial charge in [-0.15, -0.1) is 0 Å². The maximum Gasteiger partial charge on any atom is 0.347 e. The predicted molar refractivity (Wildman–Crippen MR) is 132 cm³/mol. The van der Waals surface area contributed by atoms with Crippen LogP contribution in [-0.4, -0.2) is 48.4 Å². The van der Waals surface area contributed by atoms with E-state index in [4.69, 9.17) is 4.74 Å². The molecule has 1 fully saturated rings. The average molecular weight is 490 g/mol. The van der Waals surface area contributed by atoms with E-state index in [0.717, 1.165) is 36.8 Å². The van der Waals surface area contributed by atoms with Gasteiger partial charge in [-0.3, -0.25) is 9.59 Å². The van der Waals surface area contributed by atoms with Gasteiger partial charge in [0.1, 0.15) is 5.75 Å². The van der Waals surface area contributed by atoms with E-state index < -0.39 is 11.6 Å². The molecule has 0 unspecified atom stereocenters. The second-order valence-corrected chi connectivity index (χ2v) is 9.68. The molecule has 0 spiro atoms. The first-order valence-corrected chi connectivity index (χ1v) is 11.9. The Kier molecular flexibility index (Phi) is 5.95. The summed E-state index contributed by atoms with van der Waals surface area (Å²) in [6.45, 7) is 2.93. The van der Waals surface area contributed by atoms with Crippen molar-refractivity contribution in [3.8, 4) is 5.75 Å². The minimum atomic E-state index is -1.39. The Bertz CT molecular complexity index is 1510. The Morgan fingerprint density at radius 2 is 1.83 bits per heavy atom. The molecule has 3 N–H and O–H groups in total. The van der Waals surface area contributed by atoms with Crippen LogP contribution in [0.1, 0.15) is 61.5 Å². The van der Waals surface area contributed by atoms with Crippen LogP contribution >= 0.6 is 0 Å². The number of carbonyl (C=O) groups is 2. The molecule has 10 nitrogen and oxygen atoms in total. The molecule has 0 aliphatic heterocycles. The molecule has 1 aromatic carbocycles. The molecule has 1 aliphatic carbocycles. The van der Waals surface area contributed by atoms with E-state index in [1.54, 1.807) is 18.3 Å². The lowest BCUT2D eigenvalue weighted by atomic mass is 9.82. The summed E-state index contributed by atoms with van der Waals surface area (Å²) in [7, 11) is 0. The van der Waals surface area contributed by atoms with Crippen LogP contribution in [0.3, 0.4) is 0 Å². The number of benzene rings is 1. The summed E-state index contributed by atoms with van der Waals surface area (Å²) >= 11 is 0. The molecule has 36 heavy (non-hydrogen) atoms. The zero-order valence-electron chi connectivity index (χ0n) is 20.0. The topological polar surface area (TPSA) is 139 Å². The van der Waals surface area contributed by atoms with Crippen LogP contribution in [0.5, 0.6) is 5.75 Å². The van der Waals surface area contributed by atoms with E-state index >= 15 is 0 Å². The molecule has 1 amide bonds. The quantitative estimate of drug-likeness (QED) is 0.378. The Hall–Kier alpha value is -4.21. The van der Waals surface area contributed by atoms with Crippen molar-refractivity contribution in [1.29, 1.82) is 0 Å². The van der Waals surface area contributed by atoms with E-state index in [2.05, 4.69) is 20.6 Å². The minimum Gasteiger partial charge on any atom is -0.478 e. The van der Waals surface area contributed by atoms with Gasteiger partial charge in [-0.2, -0.15) is 10.2 Å². The number of carbonyl (C=O) groups excluding carboxylic acids is 1. The monoisotopic (exact) mass is 489 g/mol. The van der Waals surface area contributed by atoms with Gasteiger partial charge in [0.15, 0.2) is 5.60 Å². The van der Waals surface area contributed by atoms with Crippen LogP contribution in [0, 0.1) is 0 Å². The molecule has 0 saturated heterocycles. The van der Waals surface area contributed by atoms with Crippen LogP contribution in [-0.2, 0) is 4.79 Å². The van der Waals surface area contributed by atoms with Crippen molar-refractivity contribution in [2.75, 3.05) is 0 Å². The van der Waals surface area contributed by atoms with Crippen molar-refractivity contribution < 1.29 is 19.4 Å². The van der Waals surface area contributed by atoms with Crippen LogP contribution in [0.2, 0.25) is 0 Å². The first kappa shape index (κ1) is 23.5. The van der Waals surface area contributed by atoms with Gasteiger partial charge in [0.05, 0.1) is 34.6 Å². The van der Waals surface area contributed by atoms with Gasteiger partial charge in [-0.05, 0) is 57.7 Å². The highest BCUT2D eigenvalue weighted by Crippen LogP contribution is 2.34. The third-order valence-corrected chi connectivity index (χ3v) is 6.80. The van der Waals surface area contributed by atoms with Gasteiger partial charge in [-0.25, -0.2) is 14.4 Å². The Morgan fingerprint density at radius 3 is 2.56 bits per heavy atom. The number of hydrogen-bond acceptors (Lipinski definition) is 6. The number of rotatable bonds is 6. The summed E-state index contributed by atoms with van der Waals surface area (Å²) in [6, 6.07) is 10.9. The Balaban J connectivity index is 1.25. The van der Waals surface area contributed by atoms with E-state index in [0.29, 0.717) is 22.2 Å². The number of nitrogens with one attached hydrogen (secondary N) is 2. The summed E-state index contributed by atoms with van der Waals surface area (Å²) in [4.78, 5) is 36.5. The van der Waals surface area contributed by atoms with Crippen LogP contribution < -0.4 is 15.6 Å². The normalized spacial score (nSPS) is 18.3. The molecule has 0 bridgehead atoms. The maximum atomic E-state index is 13.0. The van der Waals surface area contributed by atoms with Gasteiger partial charge in [0.2, 0.25) is 0 Å². The molecule has 186 valence electrons. The highest BCUT2D eigenvalue weighted by atomic mass is 16.5.